The summed E-state index contributed by atoms with van der Waals surface area (Å²) in [6.45, 7) is 0. The minimum atomic E-state index is 1.20. The molecule has 0 aliphatic heterocycles. The fourth-order valence-electron chi connectivity index (χ4n) is 5.49. The van der Waals surface area contributed by atoms with E-state index in [0.717, 1.165) is 0 Å². The fourth-order valence-corrected chi connectivity index (χ4v) is 8.21. The van der Waals surface area contributed by atoms with E-state index in [1.54, 1.807) is 0 Å². The van der Waals surface area contributed by atoms with Gasteiger partial charge in [0.15, 0.2) is 0 Å². The van der Waals surface area contributed by atoms with Crippen LogP contribution in [0.1, 0.15) is 0 Å². The number of rotatable bonds is 2. The molecule has 164 valence electrons. The lowest BCUT2D eigenvalue weighted by Crippen LogP contribution is -1.94. The Hall–Kier alpha value is -3.92. The SMILES string of the molecule is c1ccc(-c2cccc(-n3c4ccccc4c4ccc5c(sc6sc7ccccc7c65)c43)c2)cc1. The van der Waals surface area contributed by atoms with Crippen LogP contribution in [0.15, 0.2) is 115 Å². The highest BCUT2D eigenvalue weighted by molar-refractivity contribution is 7.45. The second kappa shape index (κ2) is 7.29. The van der Waals surface area contributed by atoms with Crippen molar-refractivity contribution < 1.29 is 0 Å². The maximum Gasteiger partial charge on any atom is 0.0891 e. The van der Waals surface area contributed by atoms with Gasteiger partial charge >= 0.3 is 0 Å². The minimum Gasteiger partial charge on any atom is -0.308 e. The van der Waals surface area contributed by atoms with Crippen LogP contribution >= 0.6 is 22.7 Å². The summed E-state index contributed by atoms with van der Waals surface area (Å²) in [4.78, 5) is 0. The number of hydrogen-bond acceptors (Lipinski definition) is 2. The first-order valence-corrected chi connectivity index (χ1v) is 13.4. The standard InChI is InChI=1S/C32H19NS2/c1-2-9-20(10-3-1)21-11-8-12-22(19-21)33-27-15-6-4-13-23(27)24-17-18-26-29-25-14-5-7-16-28(25)34-32(29)35-31(26)30(24)33/h1-19H. The lowest BCUT2D eigenvalue weighted by molar-refractivity contribution is 1.19. The zero-order chi connectivity index (χ0) is 22.9. The van der Waals surface area contributed by atoms with E-state index in [-0.39, 0.29) is 0 Å². The van der Waals surface area contributed by atoms with Gasteiger partial charge in [-0.15, -0.1) is 22.7 Å². The molecule has 0 saturated heterocycles. The lowest BCUT2D eigenvalue weighted by atomic mass is 10.1. The molecule has 3 aromatic heterocycles. The van der Waals surface area contributed by atoms with Crippen LogP contribution in [0.5, 0.6) is 0 Å². The van der Waals surface area contributed by atoms with Crippen LogP contribution in [-0.4, -0.2) is 4.57 Å². The van der Waals surface area contributed by atoms with Crippen LogP contribution < -0.4 is 0 Å². The number of benzene rings is 5. The second-order valence-electron chi connectivity index (χ2n) is 8.97. The number of fused-ring (bicyclic) bond motifs is 9. The second-order valence-corrected chi connectivity index (χ2v) is 11.3. The Balaban J connectivity index is 1.52. The van der Waals surface area contributed by atoms with Crippen LogP contribution in [0.3, 0.4) is 0 Å². The lowest BCUT2D eigenvalue weighted by Gasteiger charge is -2.11. The van der Waals surface area contributed by atoms with Gasteiger partial charge in [-0.05, 0) is 35.4 Å². The molecule has 8 rings (SSSR count). The monoisotopic (exact) mass is 481 g/mol. The van der Waals surface area contributed by atoms with Gasteiger partial charge < -0.3 is 4.57 Å². The van der Waals surface area contributed by atoms with Gasteiger partial charge in [-0.1, -0.05) is 91.0 Å². The van der Waals surface area contributed by atoms with Gasteiger partial charge in [0, 0.05) is 37.3 Å². The van der Waals surface area contributed by atoms with Crippen LogP contribution in [0.25, 0.3) is 68.2 Å². The van der Waals surface area contributed by atoms with Crippen molar-refractivity contribution in [3.8, 4) is 16.8 Å². The minimum absolute atomic E-state index is 1.20. The molecule has 0 unspecified atom stereocenters. The van der Waals surface area contributed by atoms with E-state index in [0.29, 0.717) is 0 Å². The molecule has 0 amide bonds. The predicted octanol–water partition coefficient (Wildman–Crippen LogP) is 10.0. The highest BCUT2D eigenvalue weighted by Gasteiger charge is 2.19. The molecule has 0 N–H and O–H groups in total. The van der Waals surface area contributed by atoms with Crippen molar-refractivity contribution in [2.24, 2.45) is 0 Å². The van der Waals surface area contributed by atoms with Crippen molar-refractivity contribution in [2.75, 3.05) is 0 Å². The van der Waals surface area contributed by atoms with E-state index in [1.165, 1.54) is 68.2 Å². The van der Waals surface area contributed by atoms with E-state index >= 15 is 0 Å². The fraction of sp³-hybridized carbons (Fsp3) is 0. The third kappa shape index (κ3) is 2.74. The molecule has 3 heteroatoms. The van der Waals surface area contributed by atoms with Crippen molar-refractivity contribution in [3.63, 3.8) is 0 Å². The van der Waals surface area contributed by atoms with Gasteiger partial charge in [-0.25, -0.2) is 0 Å². The van der Waals surface area contributed by atoms with E-state index in [9.17, 15) is 0 Å². The molecule has 0 fully saturated rings. The molecule has 0 radical (unpaired) electrons. The Morgan fingerprint density at radius 2 is 1.26 bits per heavy atom. The van der Waals surface area contributed by atoms with Gasteiger partial charge in [0.25, 0.3) is 0 Å². The van der Waals surface area contributed by atoms with Crippen molar-refractivity contribution in [2.45, 2.75) is 0 Å². The first-order chi connectivity index (χ1) is 17.4. The molecule has 3 heterocycles. The molecule has 0 saturated carbocycles. The van der Waals surface area contributed by atoms with E-state index in [2.05, 4.69) is 120 Å². The van der Waals surface area contributed by atoms with Crippen molar-refractivity contribution in [1.82, 2.24) is 4.57 Å². The first-order valence-electron chi connectivity index (χ1n) is 11.8. The Morgan fingerprint density at radius 1 is 0.514 bits per heavy atom. The quantitative estimate of drug-likeness (QED) is 0.231. The van der Waals surface area contributed by atoms with Crippen molar-refractivity contribution in [1.29, 1.82) is 0 Å². The summed E-state index contributed by atoms with van der Waals surface area (Å²) < 4.78 is 6.62. The van der Waals surface area contributed by atoms with Gasteiger partial charge in [0.05, 0.1) is 19.7 Å². The van der Waals surface area contributed by atoms with Gasteiger partial charge in [-0.3, -0.25) is 0 Å². The summed E-state index contributed by atoms with van der Waals surface area (Å²) in [5, 5.41) is 6.75. The average molecular weight is 482 g/mol. The van der Waals surface area contributed by atoms with Gasteiger partial charge in [-0.2, -0.15) is 0 Å². The maximum atomic E-state index is 2.47. The zero-order valence-electron chi connectivity index (χ0n) is 18.7. The van der Waals surface area contributed by atoms with Gasteiger partial charge in [0.2, 0.25) is 0 Å². The Morgan fingerprint density at radius 3 is 2.17 bits per heavy atom. The summed E-state index contributed by atoms with van der Waals surface area (Å²) in [6.07, 6.45) is 0. The van der Waals surface area contributed by atoms with Crippen LogP contribution in [0.2, 0.25) is 0 Å². The molecule has 0 aliphatic carbocycles. The molecule has 5 aromatic carbocycles. The number of thiophene rings is 2. The summed E-state index contributed by atoms with van der Waals surface area (Å²) in [6, 6.07) is 41.9. The molecule has 35 heavy (non-hydrogen) atoms. The number of hydrogen-bond donors (Lipinski definition) is 0. The zero-order valence-corrected chi connectivity index (χ0v) is 20.4. The van der Waals surface area contributed by atoms with E-state index < -0.39 is 0 Å². The molecule has 0 spiro atoms. The maximum absolute atomic E-state index is 2.47. The molecule has 0 bridgehead atoms. The summed E-state index contributed by atoms with van der Waals surface area (Å²) >= 11 is 3.85. The highest BCUT2D eigenvalue weighted by Crippen LogP contribution is 2.48. The summed E-state index contributed by atoms with van der Waals surface area (Å²) in [5.41, 5.74) is 6.24. The molecule has 1 nitrogen and oxygen atoms in total. The number of para-hydroxylation sites is 1. The summed E-state index contributed by atoms with van der Waals surface area (Å²) in [5.74, 6) is 0. The van der Waals surface area contributed by atoms with Crippen molar-refractivity contribution >= 4 is 74.1 Å². The normalized spacial score (nSPS) is 12.0. The topological polar surface area (TPSA) is 4.93 Å². The van der Waals surface area contributed by atoms with Gasteiger partial charge in [0.1, 0.15) is 0 Å². The third-order valence-electron chi connectivity index (χ3n) is 7.03. The average Bonchev–Trinajstić information content (AvgIpc) is 3.57. The number of nitrogens with zero attached hydrogens (tertiary/aromatic N) is 1. The molecular weight excluding hydrogens is 462 g/mol. The largest absolute Gasteiger partial charge is 0.308 e. The molecule has 8 aromatic rings. The Bertz CT molecular complexity index is 2050. The molecular formula is C32H19NS2. The first kappa shape index (κ1) is 19.4. The number of aromatic nitrogens is 1. The smallest absolute Gasteiger partial charge is 0.0891 e. The Kier molecular flexibility index (Phi) is 4.04. The highest BCUT2D eigenvalue weighted by atomic mass is 32.2. The predicted molar refractivity (Wildman–Crippen MR) is 154 cm³/mol. The van der Waals surface area contributed by atoms with Crippen LogP contribution in [0.4, 0.5) is 0 Å². The molecule has 0 aliphatic rings. The Labute approximate surface area is 210 Å². The van der Waals surface area contributed by atoms with Crippen LogP contribution in [-0.2, 0) is 0 Å². The van der Waals surface area contributed by atoms with Crippen molar-refractivity contribution in [3.05, 3.63) is 115 Å². The third-order valence-corrected chi connectivity index (χ3v) is 9.50. The van der Waals surface area contributed by atoms with E-state index in [1.807, 2.05) is 22.7 Å². The molecule has 0 atom stereocenters. The van der Waals surface area contributed by atoms with E-state index in [4.69, 9.17) is 0 Å². The summed E-state index contributed by atoms with van der Waals surface area (Å²) in [7, 11) is 0. The van der Waals surface area contributed by atoms with Crippen LogP contribution in [0, 0.1) is 0 Å².